The normalized spacial score (nSPS) is 16.3. The van der Waals surface area contributed by atoms with Crippen LogP contribution >= 0.6 is 11.6 Å². The summed E-state index contributed by atoms with van der Waals surface area (Å²) in [7, 11) is -3.02. The van der Waals surface area contributed by atoms with Crippen molar-refractivity contribution in [1.82, 2.24) is 4.72 Å². The van der Waals surface area contributed by atoms with E-state index in [1.807, 2.05) is 12.1 Å². The zero-order valence-electron chi connectivity index (χ0n) is 17.3. The zero-order chi connectivity index (χ0) is 23.3. The molecule has 0 spiro atoms. The third-order valence-corrected chi connectivity index (χ3v) is 6.79. The van der Waals surface area contributed by atoms with Gasteiger partial charge in [0.25, 0.3) is 10.0 Å². The molecule has 11 heteroatoms. The molecule has 1 aliphatic heterocycles. The van der Waals surface area contributed by atoms with Gasteiger partial charge >= 0.3 is 6.09 Å². The molecule has 0 radical (unpaired) electrons. The number of aryl methyl sites for hydroxylation is 1. The van der Waals surface area contributed by atoms with Crippen LogP contribution in [-0.4, -0.2) is 45.3 Å². The SMILES string of the molecule is COC(=O)NS(=O)(=O)c1ccc(NC(=O)C(CCO)[C@H]2CCc3cc(Cl)ccc3N2)cc1. The first kappa shape index (κ1) is 23.8. The second-order valence-electron chi connectivity index (χ2n) is 7.32. The average Bonchev–Trinajstić information content (AvgIpc) is 2.77. The Labute approximate surface area is 191 Å². The second kappa shape index (κ2) is 10.2. The number of carbonyl (C=O) groups is 2. The van der Waals surface area contributed by atoms with E-state index in [4.69, 9.17) is 11.6 Å². The number of rotatable bonds is 7. The van der Waals surface area contributed by atoms with Gasteiger partial charge in [0, 0.05) is 29.0 Å². The number of methoxy groups -OCH3 is 1. The lowest BCUT2D eigenvalue weighted by molar-refractivity contribution is -0.120. The fourth-order valence-electron chi connectivity index (χ4n) is 3.61. The molecular weight excluding hydrogens is 458 g/mol. The van der Waals surface area contributed by atoms with Crippen LogP contribution in [0.25, 0.3) is 0 Å². The molecule has 4 N–H and O–H groups in total. The Hall–Kier alpha value is -2.82. The summed E-state index contributed by atoms with van der Waals surface area (Å²) < 4.78 is 30.3. The maximum absolute atomic E-state index is 13.0. The molecule has 0 fully saturated rings. The summed E-state index contributed by atoms with van der Waals surface area (Å²) in [5.74, 6) is -0.800. The summed E-state index contributed by atoms with van der Waals surface area (Å²) >= 11 is 6.05. The molecule has 0 saturated heterocycles. The molecule has 172 valence electrons. The van der Waals surface area contributed by atoms with Crippen LogP contribution in [0.4, 0.5) is 16.2 Å². The summed E-state index contributed by atoms with van der Waals surface area (Å²) in [4.78, 5) is 24.0. The summed E-state index contributed by atoms with van der Waals surface area (Å²) in [6, 6.07) is 10.7. The topological polar surface area (TPSA) is 134 Å². The molecule has 3 rings (SSSR count). The number of anilines is 2. The Morgan fingerprint density at radius 2 is 1.97 bits per heavy atom. The Balaban J connectivity index is 1.70. The number of nitrogens with one attached hydrogen (secondary N) is 3. The number of sulfonamides is 1. The predicted octanol–water partition coefficient (Wildman–Crippen LogP) is 2.75. The summed E-state index contributed by atoms with van der Waals surface area (Å²) in [6.07, 6.45) is 0.616. The summed E-state index contributed by atoms with van der Waals surface area (Å²) in [6.45, 7) is -0.153. The van der Waals surface area contributed by atoms with Gasteiger partial charge in [0.2, 0.25) is 5.91 Å². The molecule has 1 heterocycles. The van der Waals surface area contributed by atoms with Crippen molar-refractivity contribution in [2.45, 2.75) is 30.2 Å². The standard InChI is InChI=1S/C21H24ClN3O6S/c1-31-21(28)25-32(29,30)16-6-4-15(5-7-16)23-20(27)17(10-11-26)19-8-2-13-12-14(22)3-9-18(13)24-19/h3-7,9,12,17,19,24,26H,2,8,10-11H2,1H3,(H,23,27)(H,25,28)/t17?,19-/m1/s1. The first-order chi connectivity index (χ1) is 15.2. The van der Waals surface area contributed by atoms with Crippen molar-refractivity contribution in [3.05, 3.63) is 53.1 Å². The highest BCUT2D eigenvalue weighted by Gasteiger charge is 2.31. The molecule has 2 aromatic carbocycles. The monoisotopic (exact) mass is 481 g/mol. The quantitative estimate of drug-likeness (QED) is 0.477. The van der Waals surface area contributed by atoms with Gasteiger partial charge in [-0.3, -0.25) is 4.79 Å². The van der Waals surface area contributed by atoms with Crippen LogP contribution < -0.4 is 15.4 Å². The number of halogens is 1. The highest BCUT2D eigenvalue weighted by atomic mass is 35.5. The van der Waals surface area contributed by atoms with Crippen LogP contribution in [0.1, 0.15) is 18.4 Å². The molecule has 2 aromatic rings. The Morgan fingerprint density at radius 1 is 1.25 bits per heavy atom. The van der Waals surface area contributed by atoms with E-state index in [-0.39, 0.29) is 29.9 Å². The van der Waals surface area contributed by atoms with E-state index in [0.29, 0.717) is 17.1 Å². The van der Waals surface area contributed by atoms with E-state index in [2.05, 4.69) is 15.4 Å². The van der Waals surface area contributed by atoms with E-state index in [1.54, 1.807) is 10.8 Å². The van der Waals surface area contributed by atoms with Crippen LogP contribution in [0.3, 0.4) is 0 Å². The van der Waals surface area contributed by atoms with E-state index < -0.39 is 22.0 Å². The minimum absolute atomic E-state index is 0.153. The number of aliphatic hydroxyl groups is 1. The predicted molar refractivity (Wildman–Crippen MR) is 120 cm³/mol. The van der Waals surface area contributed by atoms with Gasteiger partial charge in [-0.05, 0) is 67.3 Å². The van der Waals surface area contributed by atoms with Crippen molar-refractivity contribution < 1.29 is 27.9 Å². The zero-order valence-corrected chi connectivity index (χ0v) is 18.9. The number of aliphatic hydroxyl groups excluding tert-OH is 1. The van der Waals surface area contributed by atoms with Gasteiger partial charge in [0.1, 0.15) is 0 Å². The molecule has 0 aromatic heterocycles. The van der Waals surface area contributed by atoms with E-state index in [9.17, 15) is 23.1 Å². The van der Waals surface area contributed by atoms with E-state index in [0.717, 1.165) is 24.8 Å². The van der Waals surface area contributed by atoms with Gasteiger partial charge in [-0.2, -0.15) is 0 Å². The highest BCUT2D eigenvalue weighted by molar-refractivity contribution is 7.90. The van der Waals surface area contributed by atoms with Crippen LogP contribution in [0, 0.1) is 5.92 Å². The lowest BCUT2D eigenvalue weighted by atomic mass is 9.87. The van der Waals surface area contributed by atoms with Gasteiger partial charge in [-0.25, -0.2) is 17.9 Å². The second-order valence-corrected chi connectivity index (χ2v) is 9.44. The summed E-state index contributed by atoms with van der Waals surface area (Å²) in [5.41, 5.74) is 2.38. The number of hydrogen-bond donors (Lipinski definition) is 4. The van der Waals surface area contributed by atoms with Gasteiger partial charge in [-0.15, -0.1) is 0 Å². The van der Waals surface area contributed by atoms with Crippen molar-refractivity contribution in [3.8, 4) is 0 Å². The van der Waals surface area contributed by atoms with E-state index >= 15 is 0 Å². The van der Waals surface area contributed by atoms with Gasteiger partial charge in [0.05, 0.1) is 17.9 Å². The highest BCUT2D eigenvalue weighted by Crippen LogP contribution is 2.31. The van der Waals surface area contributed by atoms with Crippen molar-refractivity contribution in [3.63, 3.8) is 0 Å². The Kier molecular flexibility index (Phi) is 7.60. The van der Waals surface area contributed by atoms with Crippen LogP contribution in [0.2, 0.25) is 5.02 Å². The third-order valence-electron chi connectivity index (χ3n) is 5.23. The third kappa shape index (κ3) is 5.70. The number of ether oxygens (including phenoxy) is 1. The number of carbonyl (C=O) groups excluding carboxylic acids is 2. The van der Waals surface area contributed by atoms with Gasteiger partial charge in [0.15, 0.2) is 0 Å². The van der Waals surface area contributed by atoms with Crippen LogP contribution in [0.15, 0.2) is 47.4 Å². The first-order valence-corrected chi connectivity index (χ1v) is 11.8. The lowest BCUT2D eigenvalue weighted by Crippen LogP contribution is -2.40. The fraction of sp³-hybridized carbons (Fsp3) is 0.333. The largest absolute Gasteiger partial charge is 0.452 e. The van der Waals surface area contributed by atoms with Crippen LogP contribution in [0.5, 0.6) is 0 Å². The Bertz CT molecular complexity index is 1090. The van der Waals surface area contributed by atoms with Crippen molar-refractivity contribution >= 4 is 45.0 Å². The number of benzene rings is 2. The number of hydrogen-bond acceptors (Lipinski definition) is 7. The Morgan fingerprint density at radius 3 is 2.62 bits per heavy atom. The molecular formula is C21H24ClN3O6S. The molecule has 1 aliphatic rings. The first-order valence-electron chi connectivity index (χ1n) is 9.91. The smallest absolute Gasteiger partial charge is 0.420 e. The maximum Gasteiger partial charge on any atom is 0.420 e. The fourth-order valence-corrected chi connectivity index (χ4v) is 4.72. The average molecular weight is 482 g/mol. The molecule has 1 unspecified atom stereocenters. The minimum Gasteiger partial charge on any atom is -0.452 e. The number of fused-ring (bicyclic) bond motifs is 1. The van der Waals surface area contributed by atoms with Gasteiger partial charge in [-0.1, -0.05) is 11.6 Å². The lowest BCUT2D eigenvalue weighted by Gasteiger charge is -2.32. The molecule has 2 amide bonds. The maximum atomic E-state index is 13.0. The minimum atomic E-state index is -4.08. The van der Waals surface area contributed by atoms with Crippen molar-refractivity contribution in [2.75, 3.05) is 24.4 Å². The number of amides is 2. The molecule has 0 aliphatic carbocycles. The molecule has 0 bridgehead atoms. The van der Waals surface area contributed by atoms with Crippen molar-refractivity contribution in [1.29, 1.82) is 0 Å². The van der Waals surface area contributed by atoms with Crippen LogP contribution in [-0.2, 0) is 26.0 Å². The molecule has 9 nitrogen and oxygen atoms in total. The van der Waals surface area contributed by atoms with Gasteiger partial charge < -0.3 is 20.5 Å². The molecule has 0 saturated carbocycles. The van der Waals surface area contributed by atoms with E-state index in [1.165, 1.54) is 24.3 Å². The molecule has 2 atom stereocenters. The molecule has 32 heavy (non-hydrogen) atoms. The summed E-state index contributed by atoms with van der Waals surface area (Å²) in [5, 5.41) is 16.3. The van der Waals surface area contributed by atoms with Crippen molar-refractivity contribution in [2.24, 2.45) is 5.92 Å².